The van der Waals surface area contributed by atoms with Gasteiger partial charge in [-0.25, -0.2) is 0 Å². The Morgan fingerprint density at radius 2 is 1.62 bits per heavy atom. The molecular formula is C27H29F7N2O. The second-order valence-electron chi connectivity index (χ2n) is 9.70. The van der Waals surface area contributed by atoms with Crippen LogP contribution < -0.4 is 10.2 Å². The zero-order chi connectivity index (χ0) is 27.0. The van der Waals surface area contributed by atoms with Crippen LogP contribution in [-0.4, -0.2) is 43.6 Å². The summed E-state index contributed by atoms with van der Waals surface area (Å²) < 4.78 is 92.8. The summed E-state index contributed by atoms with van der Waals surface area (Å²) in [6.07, 6.45) is -0.952. The summed E-state index contributed by atoms with van der Waals surface area (Å²) in [6.45, 7) is 1.41. The third-order valence-corrected chi connectivity index (χ3v) is 7.19. The van der Waals surface area contributed by atoms with Crippen molar-refractivity contribution in [2.45, 2.75) is 69.4 Å². The molecule has 0 bridgehead atoms. The van der Waals surface area contributed by atoms with Crippen molar-refractivity contribution in [1.29, 1.82) is 0 Å². The van der Waals surface area contributed by atoms with Crippen molar-refractivity contribution in [3.63, 3.8) is 0 Å². The highest BCUT2D eigenvalue weighted by molar-refractivity contribution is 5.99. The molecule has 2 aliphatic rings. The van der Waals surface area contributed by atoms with Crippen LogP contribution in [-0.2, 0) is 11.2 Å². The molecule has 3 nitrogen and oxygen atoms in total. The number of halogens is 7. The average Bonchev–Trinajstić information content (AvgIpc) is 3.20. The summed E-state index contributed by atoms with van der Waals surface area (Å²) in [5, 5.41) is 1.73. The Kier molecular flexibility index (Phi) is 7.50. The fourth-order valence-electron chi connectivity index (χ4n) is 5.28. The molecule has 10 heteroatoms. The van der Waals surface area contributed by atoms with Gasteiger partial charge >= 0.3 is 18.0 Å². The van der Waals surface area contributed by atoms with Gasteiger partial charge in [-0.3, -0.25) is 4.79 Å². The SMILES string of the molecule is CCCCc1ccc2c(c1N1CCCCC1)C(C(=O)NCC(F)(F)C(F)(F)C(F)(F)F)c1ccccc1-2. The standard InChI is InChI=1S/C27H29F7N2O/c1-2-3-9-17-12-13-20-18-10-5-6-11-19(18)22(21(20)23(17)36-14-7-4-8-15-36)24(37)35-16-25(28,29)26(30,31)27(32,33)34/h5-6,10-13,22H,2-4,7-9,14-16H2,1H3,(H,35,37). The number of nitrogens with one attached hydrogen (secondary N) is 1. The van der Waals surface area contributed by atoms with Gasteiger partial charge in [0.05, 0.1) is 12.5 Å². The van der Waals surface area contributed by atoms with Gasteiger partial charge in [-0.2, -0.15) is 30.7 Å². The first kappa shape index (κ1) is 27.3. The summed E-state index contributed by atoms with van der Waals surface area (Å²) in [6, 6.07) is 10.8. The summed E-state index contributed by atoms with van der Waals surface area (Å²) in [5.74, 6) is -13.9. The predicted octanol–water partition coefficient (Wildman–Crippen LogP) is 7.08. The van der Waals surface area contributed by atoms with Gasteiger partial charge in [-0.1, -0.05) is 49.7 Å². The molecular weight excluding hydrogens is 501 g/mol. The molecule has 1 amide bonds. The van der Waals surface area contributed by atoms with Crippen LogP contribution in [0.3, 0.4) is 0 Å². The zero-order valence-corrected chi connectivity index (χ0v) is 20.4. The summed E-state index contributed by atoms with van der Waals surface area (Å²) >= 11 is 0. The highest BCUT2D eigenvalue weighted by atomic mass is 19.4. The Bertz CT molecular complexity index is 1140. The quantitative estimate of drug-likeness (QED) is 0.370. The lowest BCUT2D eigenvalue weighted by molar-refractivity contribution is -0.352. The third kappa shape index (κ3) is 4.91. The number of benzene rings is 2. The molecule has 2 aromatic carbocycles. The van der Waals surface area contributed by atoms with Crippen LogP contribution in [0.2, 0.25) is 0 Å². The van der Waals surface area contributed by atoms with Crippen molar-refractivity contribution in [3.05, 3.63) is 53.1 Å². The zero-order valence-electron chi connectivity index (χ0n) is 20.4. The summed E-state index contributed by atoms with van der Waals surface area (Å²) in [5.41, 5.74) is 4.40. The van der Waals surface area contributed by atoms with E-state index in [-0.39, 0.29) is 0 Å². The van der Waals surface area contributed by atoms with E-state index < -0.39 is 36.4 Å². The Morgan fingerprint density at radius 3 is 2.27 bits per heavy atom. The number of piperidine rings is 1. The number of unbranched alkanes of at least 4 members (excludes halogenated alkanes) is 1. The molecule has 1 aliphatic carbocycles. The molecule has 1 unspecified atom stereocenters. The topological polar surface area (TPSA) is 32.3 Å². The van der Waals surface area contributed by atoms with Crippen LogP contribution in [0.5, 0.6) is 0 Å². The first-order valence-electron chi connectivity index (χ1n) is 12.5. The first-order chi connectivity index (χ1) is 17.4. The number of carbonyl (C=O) groups excluding carboxylic acids is 1. The molecule has 1 heterocycles. The Morgan fingerprint density at radius 1 is 0.946 bits per heavy atom. The number of nitrogens with zero attached hydrogens (tertiary/aromatic N) is 1. The maximum absolute atomic E-state index is 14.0. The number of anilines is 1. The van der Waals surface area contributed by atoms with Gasteiger partial charge in [-0.15, -0.1) is 0 Å². The molecule has 4 rings (SSSR count). The van der Waals surface area contributed by atoms with Gasteiger partial charge in [0.25, 0.3) is 0 Å². The van der Waals surface area contributed by atoms with E-state index >= 15 is 0 Å². The lowest BCUT2D eigenvalue weighted by Crippen LogP contribution is -2.57. The Balaban J connectivity index is 1.76. The molecule has 0 radical (unpaired) electrons. The normalized spacial score (nSPS) is 17.9. The smallest absolute Gasteiger partial charge is 0.371 e. The van der Waals surface area contributed by atoms with Gasteiger partial charge in [0.2, 0.25) is 5.91 Å². The molecule has 1 N–H and O–H groups in total. The molecule has 2 aromatic rings. The molecule has 0 spiro atoms. The highest BCUT2D eigenvalue weighted by Gasteiger charge is 2.72. The van der Waals surface area contributed by atoms with Crippen molar-refractivity contribution in [1.82, 2.24) is 5.32 Å². The highest BCUT2D eigenvalue weighted by Crippen LogP contribution is 2.51. The molecule has 0 aromatic heterocycles. The number of rotatable bonds is 8. The van der Waals surface area contributed by atoms with Gasteiger partial charge in [0, 0.05) is 24.3 Å². The van der Waals surface area contributed by atoms with E-state index in [2.05, 4.69) is 11.8 Å². The minimum absolute atomic E-state index is 0.506. The van der Waals surface area contributed by atoms with Crippen molar-refractivity contribution in [3.8, 4) is 11.1 Å². The summed E-state index contributed by atoms with van der Waals surface area (Å²) in [4.78, 5) is 15.6. The monoisotopic (exact) mass is 530 g/mol. The third-order valence-electron chi connectivity index (χ3n) is 7.19. The number of amides is 1. The molecule has 0 saturated carbocycles. The van der Waals surface area contributed by atoms with Gasteiger partial charge < -0.3 is 10.2 Å². The lowest BCUT2D eigenvalue weighted by Gasteiger charge is -2.34. The van der Waals surface area contributed by atoms with E-state index in [9.17, 15) is 35.5 Å². The van der Waals surface area contributed by atoms with Crippen LogP contribution in [0.1, 0.15) is 61.6 Å². The van der Waals surface area contributed by atoms with Crippen molar-refractivity contribution >= 4 is 11.6 Å². The molecule has 37 heavy (non-hydrogen) atoms. The maximum atomic E-state index is 14.0. The molecule has 1 aliphatic heterocycles. The van der Waals surface area contributed by atoms with Crippen LogP contribution in [0.25, 0.3) is 11.1 Å². The van der Waals surface area contributed by atoms with Gasteiger partial charge in [-0.05, 0) is 54.4 Å². The van der Waals surface area contributed by atoms with E-state index in [0.29, 0.717) is 16.7 Å². The molecule has 1 fully saturated rings. The maximum Gasteiger partial charge on any atom is 0.459 e. The lowest BCUT2D eigenvalue weighted by atomic mass is 9.89. The van der Waals surface area contributed by atoms with E-state index in [0.717, 1.165) is 68.4 Å². The van der Waals surface area contributed by atoms with Crippen molar-refractivity contribution in [2.75, 3.05) is 24.5 Å². The van der Waals surface area contributed by atoms with Crippen molar-refractivity contribution < 1.29 is 35.5 Å². The molecule has 202 valence electrons. The van der Waals surface area contributed by atoms with Crippen LogP contribution in [0.4, 0.5) is 36.4 Å². The van der Waals surface area contributed by atoms with Gasteiger partial charge in [0.15, 0.2) is 0 Å². The fraction of sp³-hybridized carbons (Fsp3) is 0.519. The first-order valence-corrected chi connectivity index (χ1v) is 12.5. The van der Waals surface area contributed by atoms with E-state index in [1.54, 1.807) is 29.6 Å². The second-order valence-corrected chi connectivity index (χ2v) is 9.70. The van der Waals surface area contributed by atoms with Crippen molar-refractivity contribution in [2.24, 2.45) is 0 Å². The number of hydrogen-bond acceptors (Lipinski definition) is 2. The second kappa shape index (κ2) is 10.2. The predicted molar refractivity (Wildman–Crippen MR) is 127 cm³/mol. The van der Waals surface area contributed by atoms with Crippen LogP contribution in [0.15, 0.2) is 36.4 Å². The number of carbonyl (C=O) groups is 1. The summed E-state index contributed by atoms with van der Waals surface area (Å²) in [7, 11) is 0. The van der Waals surface area contributed by atoms with E-state index in [1.165, 1.54) is 0 Å². The number of fused-ring (bicyclic) bond motifs is 3. The minimum atomic E-state index is -6.45. The van der Waals surface area contributed by atoms with Crippen LogP contribution in [0, 0.1) is 0 Å². The van der Waals surface area contributed by atoms with E-state index in [4.69, 9.17) is 0 Å². The molecule has 1 saturated heterocycles. The largest absolute Gasteiger partial charge is 0.459 e. The Labute approximate surface area is 211 Å². The number of alkyl halides is 7. The Hall–Kier alpha value is -2.78. The van der Waals surface area contributed by atoms with Gasteiger partial charge in [0.1, 0.15) is 0 Å². The molecule has 1 atom stereocenters. The average molecular weight is 531 g/mol. The minimum Gasteiger partial charge on any atom is -0.371 e. The van der Waals surface area contributed by atoms with Crippen LogP contribution >= 0.6 is 0 Å². The number of hydrogen-bond donors (Lipinski definition) is 1. The number of aryl methyl sites for hydroxylation is 1. The van der Waals surface area contributed by atoms with E-state index in [1.807, 2.05) is 12.1 Å². The fourth-order valence-corrected chi connectivity index (χ4v) is 5.28.